The molecule has 75 heavy (non-hydrogen) atoms. The molecule has 0 spiro atoms. The van der Waals surface area contributed by atoms with Gasteiger partial charge in [0.1, 0.15) is 11.4 Å². The van der Waals surface area contributed by atoms with Crippen LogP contribution in [0.15, 0.2) is 108 Å². The highest BCUT2D eigenvalue weighted by Crippen LogP contribution is 2.44. The number of ketones is 2. The van der Waals surface area contributed by atoms with E-state index in [-0.39, 0.29) is 43.9 Å². The lowest BCUT2D eigenvalue weighted by molar-refractivity contribution is 0.0826. The number of benzene rings is 4. The van der Waals surface area contributed by atoms with Crippen molar-refractivity contribution in [2.75, 3.05) is 0 Å². The first-order chi connectivity index (χ1) is 34.7. The molecule has 2 N–H and O–H groups in total. The number of hydrogen-bond acceptors (Lipinski definition) is 4. The fourth-order valence-corrected chi connectivity index (χ4v) is 10.3. The molecule has 0 amide bonds. The number of aromatic nitrogens is 4. The number of H-pyrrole nitrogens is 2. The highest BCUT2D eigenvalue weighted by atomic mass is 79.9. The summed E-state index contributed by atoms with van der Waals surface area (Å²) >= 11 is 3.64. The summed E-state index contributed by atoms with van der Waals surface area (Å²) in [7, 11) is 0. The molecule has 8 bridgehead atoms. The van der Waals surface area contributed by atoms with Crippen LogP contribution in [0.1, 0.15) is 190 Å². The molecule has 7 heteroatoms. The minimum Gasteiger partial charge on any atom is -0.354 e. The van der Waals surface area contributed by atoms with Crippen molar-refractivity contribution < 1.29 is 9.59 Å². The smallest absolute Gasteiger partial charge is 0.254 e. The van der Waals surface area contributed by atoms with Gasteiger partial charge in [-0.2, -0.15) is 0 Å². The molecule has 5 heterocycles. The second-order valence-electron chi connectivity index (χ2n) is 27.2. The van der Waals surface area contributed by atoms with Crippen LogP contribution in [-0.4, -0.2) is 31.5 Å². The molecular formula is C68H75BrN4O2. The van der Waals surface area contributed by atoms with Gasteiger partial charge >= 0.3 is 0 Å². The third-order valence-corrected chi connectivity index (χ3v) is 15.5. The van der Waals surface area contributed by atoms with Crippen molar-refractivity contribution in [1.29, 1.82) is 0 Å². The van der Waals surface area contributed by atoms with E-state index in [1.54, 1.807) is 0 Å². The van der Waals surface area contributed by atoms with Crippen LogP contribution in [0.3, 0.4) is 0 Å². The van der Waals surface area contributed by atoms with Crippen LogP contribution < -0.4 is 0 Å². The van der Waals surface area contributed by atoms with E-state index in [1.165, 1.54) is 22.3 Å². The number of nitrogens with one attached hydrogen (secondary N) is 2. The van der Waals surface area contributed by atoms with Crippen molar-refractivity contribution in [2.24, 2.45) is 0 Å². The average molecular weight is 1060 g/mol. The fraction of sp³-hybridized carbons (Fsp3) is 0.353. The second kappa shape index (κ2) is 18.4. The highest BCUT2D eigenvalue weighted by molar-refractivity contribution is 9.10. The Kier molecular flexibility index (Phi) is 13.1. The molecule has 0 atom stereocenters. The predicted octanol–water partition coefficient (Wildman–Crippen LogP) is 18.8. The Hall–Kier alpha value is -6.44. The van der Waals surface area contributed by atoms with Crippen molar-refractivity contribution >= 4 is 61.7 Å². The largest absolute Gasteiger partial charge is 0.354 e. The first kappa shape index (κ1) is 53.4. The molecule has 9 rings (SSSR count). The number of carbonyl (C=O) groups is 2. The Morgan fingerprint density at radius 2 is 0.600 bits per heavy atom. The Bertz CT molecular complexity index is 3590. The van der Waals surface area contributed by atoms with E-state index in [0.717, 1.165) is 71.4 Å². The van der Waals surface area contributed by atoms with Gasteiger partial charge in [-0.25, -0.2) is 9.97 Å². The van der Waals surface area contributed by atoms with Crippen molar-refractivity contribution in [2.45, 2.75) is 157 Å². The number of aromatic amines is 2. The molecule has 0 unspecified atom stereocenters. The Labute approximate surface area is 454 Å². The summed E-state index contributed by atoms with van der Waals surface area (Å²) in [6, 6.07) is 36.7. The molecule has 2 aliphatic rings. The number of Topliss-reactive ketones (excluding diaryl/α,β-unsaturated/α-hetero) is 2. The zero-order chi connectivity index (χ0) is 54.7. The minimum absolute atomic E-state index is 0.0890. The third kappa shape index (κ3) is 10.5. The van der Waals surface area contributed by atoms with Crippen molar-refractivity contribution in [3.8, 4) is 44.5 Å². The molecule has 3 aromatic heterocycles. The van der Waals surface area contributed by atoms with Gasteiger partial charge < -0.3 is 9.97 Å². The van der Waals surface area contributed by atoms with Gasteiger partial charge in [0.2, 0.25) is 0 Å². The summed E-state index contributed by atoms with van der Waals surface area (Å²) < 4.78 is 0.889. The van der Waals surface area contributed by atoms with Gasteiger partial charge in [0.15, 0.2) is 0 Å². The molecule has 2 aliphatic heterocycles. The first-order valence-electron chi connectivity index (χ1n) is 26.5. The summed E-state index contributed by atoms with van der Waals surface area (Å²) in [5.74, 6) is -1.31. The average Bonchev–Trinajstić information content (AvgIpc) is 4.13. The quantitative estimate of drug-likeness (QED) is 0.172. The summed E-state index contributed by atoms with van der Waals surface area (Å²) in [4.78, 5) is 49.0. The van der Waals surface area contributed by atoms with E-state index in [2.05, 4.69) is 229 Å². The summed E-state index contributed by atoms with van der Waals surface area (Å²) in [6.07, 6.45) is 4.31. The molecular weight excluding hydrogens is 985 g/mol. The zero-order valence-electron chi connectivity index (χ0n) is 47.6. The van der Waals surface area contributed by atoms with Gasteiger partial charge in [-0.05, 0) is 137 Å². The predicted molar refractivity (Wildman–Crippen MR) is 320 cm³/mol. The SMILES string of the molecule is CC(C)(C)c1cc(-c2c3nc(c(-c4cc(C(C)(C)C)cc(C(C)(C)C)c4)c4ccc([nH]4)c(-c4cc(C(C)(C)C)cc(C(C)(C)C)c4)c4nc(c(-c5ccc(Br)cc5)c5ccc2[nH]5)C(=O)C4=O)C=C3)cc(C(C)(C)C)c1. The van der Waals surface area contributed by atoms with Crippen LogP contribution in [-0.2, 0) is 32.5 Å². The molecule has 4 aromatic carbocycles. The molecule has 386 valence electrons. The van der Waals surface area contributed by atoms with E-state index >= 15 is 9.59 Å². The highest BCUT2D eigenvalue weighted by Gasteiger charge is 2.35. The maximum atomic E-state index is 15.2. The molecule has 0 saturated carbocycles. The van der Waals surface area contributed by atoms with Gasteiger partial charge in [0.25, 0.3) is 11.6 Å². The van der Waals surface area contributed by atoms with E-state index < -0.39 is 11.6 Å². The minimum atomic E-state index is -0.657. The molecule has 0 radical (unpaired) electrons. The summed E-state index contributed by atoms with van der Waals surface area (Å²) in [5, 5.41) is 0. The molecule has 6 nitrogen and oxygen atoms in total. The van der Waals surface area contributed by atoms with Crippen LogP contribution in [0.5, 0.6) is 0 Å². The lowest BCUT2D eigenvalue weighted by atomic mass is 9.78. The Morgan fingerprint density at radius 3 is 0.893 bits per heavy atom. The topological polar surface area (TPSA) is 91.5 Å². The van der Waals surface area contributed by atoms with Crippen LogP contribution >= 0.6 is 15.9 Å². The molecule has 7 aromatic rings. The number of halogens is 1. The lowest BCUT2D eigenvalue weighted by Gasteiger charge is -2.26. The van der Waals surface area contributed by atoms with Crippen LogP contribution in [0.25, 0.3) is 78.7 Å². The van der Waals surface area contributed by atoms with Crippen molar-refractivity contribution in [3.05, 3.63) is 164 Å². The van der Waals surface area contributed by atoms with E-state index in [0.29, 0.717) is 22.2 Å². The Balaban J connectivity index is 1.56. The van der Waals surface area contributed by atoms with Gasteiger partial charge in [0.05, 0.1) is 11.4 Å². The number of hydrogen-bond donors (Lipinski definition) is 2. The summed E-state index contributed by atoms with van der Waals surface area (Å²) in [6.45, 7) is 40.4. The maximum absolute atomic E-state index is 15.2. The van der Waals surface area contributed by atoms with Gasteiger partial charge in [-0.15, -0.1) is 0 Å². The van der Waals surface area contributed by atoms with Crippen LogP contribution in [0.4, 0.5) is 0 Å². The third-order valence-electron chi connectivity index (χ3n) is 14.9. The van der Waals surface area contributed by atoms with E-state index in [9.17, 15) is 0 Å². The van der Waals surface area contributed by atoms with Crippen LogP contribution in [0, 0.1) is 0 Å². The molecule has 0 saturated heterocycles. The van der Waals surface area contributed by atoms with Crippen molar-refractivity contribution in [3.63, 3.8) is 0 Å². The van der Waals surface area contributed by atoms with E-state index in [1.807, 2.05) is 36.4 Å². The monoisotopic (exact) mass is 1060 g/mol. The fourth-order valence-electron chi connectivity index (χ4n) is 10.0. The Morgan fingerprint density at radius 1 is 0.333 bits per heavy atom. The van der Waals surface area contributed by atoms with Gasteiger partial charge in [-0.3, -0.25) is 9.59 Å². The standard InChI is InChI=1S/C68H75BrN4O2/c1-63(2,3)42-29-39(30-43(35-42)64(4,5)6)55-49-23-24-50(70-49)56(40-31-44(65(7,8)9)36-45(32-40)66(10,11)12)52-26-28-54(72-52)58(41-33-46(67(13,14)15)37-47(34-41)68(16,17)18)60-62(75)61(74)59(73-60)57(53-27-25-51(55)71-53)38-19-21-48(69)22-20-38/h19-37,71-72H,1-18H3. The number of fused-ring (bicyclic) bond motifs is 8. The summed E-state index contributed by atoms with van der Waals surface area (Å²) in [5.41, 5.74) is 17.3. The zero-order valence-corrected chi connectivity index (χ0v) is 49.1. The van der Waals surface area contributed by atoms with Gasteiger partial charge in [0, 0.05) is 48.8 Å². The molecule has 0 fully saturated rings. The number of carbonyl (C=O) groups excluding carboxylic acids is 2. The normalized spacial score (nSPS) is 13.8. The van der Waals surface area contributed by atoms with Crippen LogP contribution in [0.2, 0.25) is 0 Å². The number of rotatable bonds is 4. The van der Waals surface area contributed by atoms with Crippen molar-refractivity contribution in [1.82, 2.24) is 19.9 Å². The second-order valence-corrected chi connectivity index (χ2v) is 28.1. The first-order valence-corrected chi connectivity index (χ1v) is 27.3. The van der Waals surface area contributed by atoms with Gasteiger partial charge in [-0.1, -0.05) is 207 Å². The lowest BCUT2D eigenvalue weighted by Crippen LogP contribution is -2.17. The van der Waals surface area contributed by atoms with E-state index in [4.69, 9.17) is 9.97 Å². The number of nitrogens with zero attached hydrogens (tertiary/aromatic N) is 2. The maximum Gasteiger partial charge on any atom is 0.254 e. The molecule has 0 aliphatic carbocycles.